The van der Waals surface area contributed by atoms with Crippen LogP contribution in [0.3, 0.4) is 0 Å². The Morgan fingerprint density at radius 3 is 2.65 bits per heavy atom. The molecule has 0 spiro atoms. The lowest BCUT2D eigenvalue weighted by Gasteiger charge is -2.11. The van der Waals surface area contributed by atoms with E-state index in [9.17, 15) is 4.79 Å². The summed E-state index contributed by atoms with van der Waals surface area (Å²) in [6, 6.07) is 14.1. The number of hydrogen-bond donors (Lipinski definition) is 2. The molecule has 0 saturated heterocycles. The second-order valence-electron chi connectivity index (χ2n) is 5.37. The molecule has 2 N–H and O–H groups in total. The van der Waals surface area contributed by atoms with Gasteiger partial charge in [0.25, 0.3) is 5.91 Å². The van der Waals surface area contributed by atoms with Gasteiger partial charge in [-0.3, -0.25) is 9.78 Å². The maximum absolute atomic E-state index is 12.5. The Kier molecular flexibility index (Phi) is 5.61. The number of nitrogens with zero attached hydrogens (tertiary/aromatic N) is 1. The summed E-state index contributed by atoms with van der Waals surface area (Å²) in [4.78, 5) is 16.6. The number of carbonyl (C=O) groups excluding carboxylic acids is 1. The first-order valence-electron chi connectivity index (χ1n) is 7.68. The van der Waals surface area contributed by atoms with Crippen LogP contribution >= 0.6 is 23.2 Å². The SMILES string of the molecule is COc1cccc(NC(=O)c2cncc(Nc3cccc(Cl)c3Cl)c2)c1. The molecular weight excluding hydrogens is 373 g/mol. The maximum Gasteiger partial charge on any atom is 0.257 e. The zero-order valence-electron chi connectivity index (χ0n) is 13.8. The normalized spacial score (nSPS) is 10.3. The Hall–Kier alpha value is -2.76. The second-order valence-corrected chi connectivity index (χ2v) is 6.16. The number of anilines is 3. The number of benzene rings is 2. The van der Waals surface area contributed by atoms with E-state index in [1.165, 1.54) is 6.20 Å². The molecule has 3 aromatic rings. The summed E-state index contributed by atoms with van der Waals surface area (Å²) in [5.74, 6) is 0.374. The van der Waals surface area contributed by atoms with E-state index in [-0.39, 0.29) is 5.91 Å². The maximum atomic E-state index is 12.5. The molecule has 2 aromatic carbocycles. The number of carbonyl (C=O) groups is 1. The molecule has 7 heteroatoms. The molecule has 132 valence electrons. The minimum Gasteiger partial charge on any atom is -0.497 e. The summed E-state index contributed by atoms with van der Waals surface area (Å²) in [7, 11) is 1.57. The monoisotopic (exact) mass is 387 g/mol. The first kappa shape index (κ1) is 18.0. The van der Waals surface area contributed by atoms with Crippen LogP contribution in [0.1, 0.15) is 10.4 Å². The van der Waals surface area contributed by atoms with Crippen molar-refractivity contribution in [3.05, 3.63) is 76.5 Å². The lowest BCUT2D eigenvalue weighted by Crippen LogP contribution is -2.12. The van der Waals surface area contributed by atoms with Crippen molar-refractivity contribution in [1.29, 1.82) is 0 Å². The molecule has 0 bridgehead atoms. The summed E-state index contributed by atoms with van der Waals surface area (Å²) in [6.07, 6.45) is 3.08. The van der Waals surface area contributed by atoms with E-state index in [1.54, 1.807) is 61.8 Å². The smallest absolute Gasteiger partial charge is 0.257 e. The fourth-order valence-electron chi connectivity index (χ4n) is 2.29. The fraction of sp³-hybridized carbons (Fsp3) is 0.0526. The number of halogens is 2. The van der Waals surface area contributed by atoms with Crippen LogP contribution in [0.5, 0.6) is 5.75 Å². The average Bonchev–Trinajstić information content (AvgIpc) is 2.66. The van der Waals surface area contributed by atoms with Crippen LogP contribution in [-0.2, 0) is 0 Å². The van der Waals surface area contributed by atoms with Gasteiger partial charge >= 0.3 is 0 Å². The van der Waals surface area contributed by atoms with Gasteiger partial charge in [-0.15, -0.1) is 0 Å². The second kappa shape index (κ2) is 8.08. The Balaban J connectivity index is 1.78. The molecule has 1 aromatic heterocycles. The molecule has 1 amide bonds. The van der Waals surface area contributed by atoms with E-state index < -0.39 is 0 Å². The third kappa shape index (κ3) is 4.25. The van der Waals surface area contributed by atoms with Crippen molar-refractivity contribution >= 4 is 46.2 Å². The molecule has 0 atom stereocenters. The molecule has 0 radical (unpaired) electrons. The first-order chi connectivity index (χ1) is 12.6. The van der Waals surface area contributed by atoms with Crippen LogP contribution in [0.15, 0.2) is 60.9 Å². The van der Waals surface area contributed by atoms with E-state index in [0.29, 0.717) is 38.4 Å². The van der Waals surface area contributed by atoms with Crippen molar-refractivity contribution in [3.8, 4) is 5.75 Å². The Morgan fingerprint density at radius 2 is 1.85 bits per heavy atom. The van der Waals surface area contributed by atoms with Gasteiger partial charge in [0, 0.05) is 18.0 Å². The van der Waals surface area contributed by atoms with Gasteiger partial charge in [0.1, 0.15) is 5.75 Å². The molecule has 3 rings (SSSR count). The Labute approximate surface area is 160 Å². The number of rotatable bonds is 5. The minimum absolute atomic E-state index is 0.286. The highest BCUT2D eigenvalue weighted by atomic mass is 35.5. The van der Waals surface area contributed by atoms with Crippen LogP contribution in [0.2, 0.25) is 10.0 Å². The van der Waals surface area contributed by atoms with Gasteiger partial charge in [-0.1, -0.05) is 35.3 Å². The van der Waals surface area contributed by atoms with Crippen molar-refractivity contribution < 1.29 is 9.53 Å². The van der Waals surface area contributed by atoms with Crippen molar-refractivity contribution in [3.63, 3.8) is 0 Å². The van der Waals surface area contributed by atoms with E-state index in [2.05, 4.69) is 15.6 Å². The molecule has 0 aliphatic heterocycles. The molecule has 5 nitrogen and oxygen atoms in total. The zero-order chi connectivity index (χ0) is 18.5. The number of nitrogens with one attached hydrogen (secondary N) is 2. The van der Waals surface area contributed by atoms with E-state index in [1.807, 2.05) is 0 Å². The number of hydrogen-bond acceptors (Lipinski definition) is 4. The fourth-order valence-corrected chi connectivity index (χ4v) is 2.64. The highest BCUT2D eigenvalue weighted by molar-refractivity contribution is 6.43. The van der Waals surface area contributed by atoms with Gasteiger partial charge in [0.05, 0.1) is 40.3 Å². The predicted molar refractivity (Wildman–Crippen MR) is 105 cm³/mol. The standard InChI is InChI=1S/C19H15Cl2N3O2/c1-26-15-5-2-4-13(9-15)24-19(25)12-8-14(11-22-10-12)23-17-7-3-6-16(20)18(17)21/h2-11,23H,1H3,(H,24,25). The molecule has 26 heavy (non-hydrogen) atoms. The lowest BCUT2D eigenvalue weighted by atomic mass is 10.2. The average molecular weight is 388 g/mol. The van der Waals surface area contributed by atoms with Crippen LogP contribution < -0.4 is 15.4 Å². The van der Waals surface area contributed by atoms with E-state index >= 15 is 0 Å². The number of pyridine rings is 1. The number of methoxy groups -OCH3 is 1. The van der Waals surface area contributed by atoms with Crippen molar-refractivity contribution in [2.24, 2.45) is 0 Å². The quantitative estimate of drug-likeness (QED) is 0.615. The molecule has 0 aliphatic carbocycles. The van der Waals surface area contributed by atoms with Gasteiger partial charge in [-0.05, 0) is 30.3 Å². The summed E-state index contributed by atoms with van der Waals surface area (Å²) in [5, 5.41) is 6.77. The molecule has 0 aliphatic rings. The number of amides is 1. The molecule has 0 saturated carbocycles. The number of ether oxygens (including phenoxy) is 1. The Bertz CT molecular complexity index is 948. The summed E-state index contributed by atoms with van der Waals surface area (Å²) in [5.41, 5.74) is 2.28. The van der Waals surface area contributed by atoms with Gasteiger partial charge in [0.2, 0.25) is 0 Å². The number of aromatic nitrogens is 1. The zero-order valence-corrected chi connectivity index (χ0v) is 15.3. The predicted octanol–water partition coefficient (Wildman–Crippen LogP) is 5.39. The van der Waals surface area contributed by atoms with Crippen molar-refractivity contribution in [2.75, 3.05) is 17.7 Å². The first-order valence-corrected chi connectivity index (χ1v) is 8.44. The van der Waals surface area contributed by atoms with E-state index in [0.717, 1.165) is 0 Å². The van der Waals surface area contributed by atoms with Crippen molar-refractivity contribution in [2.45, 2.75) is 0 Å². The highest BCUT2D eigenvalue weighted by Gasteiger charge is 2.10. The van der Waals surface area contributed by atoms with Gasteiger partial charge in [-0.2, -0.15) is 0 Å². The summed E-state index contributed by atoms with van der Waals surface area (Å²) < 4.78 is 5.15. The van der Waals surface area contributed by atoms with Crippen LogP contribution in [0, 0.1) is 0 Å². The molecular formula is C19H15Cl2N3O2. The third-order valence-corrected chi connectivity index (χ3v) is 4.38. The topological polar surface area (TPSA) is 63.2 Å². The third-order valence-electron chi connectivity index (χ3n) is 3.56. The van der Waals surface area contributed by atoms with E-state index in [4.69, 9.17) is 27.9 Å². The largest absolute Gasteiger partial charge is 0.497 e. The summed E-state index contributed by atoms with van der Waals surface area (Å²) in [6.45, 7) is 0. The Morgan fingerprint density at radius 1 is 1.04 bits per heavy atom. The van der Waals surface area contributed by atoms with Crippen LogP contribution in [-0.4, -0.2) is 18.0 Å². The van der Waals surface area contributed by atoms with Crippen LogP contribution in [0.25, 0.3) is 0 Å². The highest BCUT2D eigenvalue weighted by Crippen LogP contribution is 2.31. The molecule has 0 unspecified atom stereocenters. The lowest BCUT2D eigenvalue weighted by molar-refractivity contribution is 0.102. The molecule has 0 fully saturated rings. The molecule has 1 heterocycles. The summed E-state index contributed by atoms with van der Waals surface area (Å²) >= 11 is 12.2. The minimum atomic E-state index is -0.286. The van der Waals surface area contributed by atoms with Crippen LogP contribution in [0.4, 0.5) is 17.1 Å². The van der Waals surface area contributed by atoms with Crippen molar-refractivity contribution in [1.82, 2.24) is 4.98 Å². The van der Waals surface area contributed by atoms with Gasteiger partial charge in [0.15, 0.2) is 0 Å². The van der Waals surface area contributed by atoms with Gasteiger partial charge in [-0.25, -0.2) is 0 Å². The van der Waals surface area contributed by atoms with Gasteiger partial charge < -0.3 is 15.4 Å².